The highest BCUT2D eigenvalue weighted by Gasteiger charge is 2.48. The van der Waals surface area contributed by atoms with E-state index in [-0.39, 0.29) is 10.6 Å². The van der Waals surface area contributed by atoms with Crippen LogP contribution in [-0.2, 0) is 4.79 Å². The normalized spacial score (nSPS) is 22.1. The van der Waals surface area contributed by atoms with Crippen LogP contribution in [-0.4, -0.2) is 34.0 Å². The number of carboxylic acid groups (broad SMARTS) is 1. The Balaban J connectivity index is 2.42. The van der Waals surface area contributed by atoms with Crippen molar-refractivity contribution in [3.63, 3.8) is 0 Å². The summed E-state index contributed by atoms with van der Waals surface area (Å²) in [5.74, 6) is -2.25. The molecule has 1 heterocycles. The topological polar surface area (TPSA) is 57.6 Å². The van der Waals surface area contributed by atoms with Crippen LogP contribution < -0.4 is 0 Å². The van der Waals surface area contributed by atoms with Gasteiger partial charge in [0.05, 0.1) is 10.6 Å². The fraction of sp³-hybridized carbons (Fsp3) is 0.429. The van der Waals surface area contributed by atoms with Crippen molar-refractivity contribution in [2.24, 2.45) is 0 Å². The molecule has 0 spiro atoms. The Morgan fingerprint density at radius 3 is 2.80 bits per heavy atom. The molecule has 0 radical (unpaired) electrons. The third-order valence-corrected chi connectivity index (χ3v) is 4.28. The van der Waals surface area contributed by atoms with Crippen LogP contribution in [0.4, 0.5) is 4.39 Å². The molecule has 1 aliphatic heterocycles. The van der Waals surface area contributed by atoms with Crippen LogP contribution in [0.15, 0.2) is 18.2 Å². The minimum Gasteiger partial charge on any atom is -0.479 e. The van der Waals surface area contributed by atoms with Gasteiger partial charge >= 0.3 is 5.97 Å². The lowest BCUT2D eigenvalue weighted by Crippen LogP contribution is -2.52. The molecule has 1 N–H and O–H groups in total. The van der Waals surface area contributed by atoms with Crippen LogP contribution in [0.25, 0.3) is 0 Å². The second-order valence-electron chi connectivity index (χ2n) is 4.85. The number of hydrogen-bond acceptors (Lipinski definition) is 2. The molecular formula is C14H15ClFNO3. The summed E-state index contributed by atoms with van der Waals surface area (Å²) in [4.78, 5) is 25.4. The zero-order chi connectivity index (χ0) is 14.9. The molecule has 1 unspecified atom stereocenters. The molecule has 0 saturated carbocycles. The van der Waals surface area contributed by atoms with Gasteiger partial charge in [-0.05, 0) is 31.4 Å². The van der Waals surface area contributed by atoms with Gasteiger partial charge in [-0.1, -0.05) is 24.6 Å². The first-order valence-electron chi connectivity index (χ1n) is 6.43. The smallest absolute Gasteiger partial charge is 0.329 e. The van der Waals surface area contributed by atoms with E-state index in [9.17, 15) is 19.1 Å². The molecule has 0 bridgehead atoms. The molecule has 2 rings (SSSR count). The Kier molecular flexibility index (Phi) is 3.99. The lowest BCUT2D eigenvalue weighted by molar-refractivity contribution is -0.148. The number of nitrogens with zero attached hydrogens (tertiary/aromatic N) is 1. The average Bonchev–Trinajstić information content (AvgIpc) is 2.86. The Hall–Kier alpha value is -1.62. The molecule has 108 valence electrons. The summed E-state index contributed by atoms with van der Waals surface area (Å²) < 4.78 is 13.4. The van der Waals surface area contributed by atoms with E-state index in [0.717, 1.165) is 6.07 Å². The maximum absolute atomic E-state index is 13.4. The average molecular weight is 300 g/mol. The zero-order valence-electron chi connectivity index (χ0n) is 11.0. The van der Waals surface area contributed by atoms with Crippen molar-refractivity contribution in [2.75, 3.05) is 6.54 Å². The number of amides is 1. The third-order valence-electron chi connectivity index (χ3n) is 3.90. The number of carbonyl (C=O) groups is 2. The fourth-order valence-corrected chi connectivity index (χ4v) is 2.94. The highest BCUT2D eigenvalue weighted by atomic mass is 35.5. The molecule has 0 aromatic heterocycles. The molecule has 1 atom stereocenters. The summed E-state index contributed by atoms with van der Waals surface area (Å²) in [6.45, 7) is 2.07. The highest BCUT2D eigenvalue weighted by Crippen LogP contribution is 2.35. The molecule has 0 aliphatic carbocycles. The number of rotatable bonds is 3. The zero-order valence-corrected chi connectivity index (χ0v) is 11.8. The molecule has 1 saturated heterocycles. The van der Waals surface area contributed by atoms with Gasteiger partial charge in [0.1, 0.15) is 11.4 Å². The molecular weight excluding hydrogens is 285 g/mol. The SMILES string of the molecule is CCC1(C(=O)O)CCCN1C(=O)c1cccc(F)c1Cl. The molecule has 1 aliphatic rings. The first kappa shape index (κ1) is 14.8. The second-order valence-corrected chi connectivity index (χ2v) is 5.23. The van der Waals surface area contributed by atoms with Crippen LogP contribution >= 0.6 is 11.6 Å². The number of hydrogen-bond donors (Lipinski definition) is 1. The van der Waals surface area contributed by atoms with Gasteiger partial charge in [-0.3, -0.25) is 4.79 Å². The Morgan fingerprint density at radius 2 is 2.20 bits per heavy atom. The number of aliphatic carboxylic acids is 1. The number of likely N-dealkylation sites (tertiary alicyclic amines) is 1. The lowest BCUT2D eigenvalue weighted by Gasteiger charge is -2.34. The van der Waals surface area contributed by atoms with E-state index >= 15 is 0 Å². The maximum atomic E-state index is 13.4. The summed E-state index contributed by atoms with van der Waals surface area (Å²) in [6, 6.07) is 3.96. The van der Waals surface area contributed by atoms with Crippen molar-refractivity contribution in [2.45, 2.75) is 31.7 Å². The molecule has 1 fully saturated rings. The van der Waals surface area contributed by atoms with Gasteiger partial charge in [-0.2, -0.15) is 0 Å². The minimum atomic E-state index is -1.22. The highest BCUT2D eigenvalue weighted by molar-refractivity contribution is 6.34. The van der Waals surface area contributed by atoms with E-state index in [1.54, 1.807) is 6.92 Å². The predicted octanol–water partition coefficient (Wildman–Crippen LogP) is 2.95. The van der Waals surface area contributed by atoms with Crippen molar-refractivity contribution in [3.8, 4) is 0 Å². The first-order valence-corrected chi connectivity index (χ1v) is 6.81. The standard InChI is InChI=1S/C14H15ClFNO3/c1-2-14(13(19)20)7-4-8-17(14)12(18)9-5-3-6-10(16)11(9)15/h3,5-6H,2,4,7-8H2,1H3,(H,19,20). The van der Waals surface area contributed by atoms with E-state index in [0.29, 0.717) is 25.8 Å². The van der Waals surface area contributed by atoms with Gasteiger partial charge in [0, 0.05) is 6.54 Å². The summed E-state index contributed by atoms with van der Waals surface area (Å²) >= 11 is 5.81. The number of halogens is 2. The third kappa shape index (κ3) is 2.16. The van der Waals surface area contributed by atoms with Crippen molar-refractivity contribution < 1.29 is 19.1 Å². The summed E-state index contributed by atoms with van der Waals surface area (Å²) in [7, 11) is 0. The van der Waals surface area contributed by atoms with Gasteiger partial charge in [-0.15, -0.1) is 0 Å². The first-order chi connectivity index (χ1) is 9.44. The molecule has 6 heteroatoms. The Bertz CT molecular complexity index is 563. The second kappa shape index (κ2) is 5.40. The van der Waals surface area contributed by atoms with Crippen LogP contribution in [0.3, 0.4) is 0 Å². The van der Waals surface area contributed by atoms with Crippen LogP contribution in [0, 0.1) is 5.82 Å². The minimum absolute atomic E-state index is 0.00708. The van der Waals surface area contributed by atoms with E-state index in [1.807, 2.05) is 0 Å². The van der Waals surface area contributed by atoms with Crippen molar-refractivity contribution in [3.05, 3.63) is 34.6 Å². The molecule has 1 aromatic rings. The van der Waals surface area contributed by atoms with E-state index in [1.165, 1.54) is 17.0 Å². The fourth-order valence-electron chi connectivity index (χ4n) is 2.73. The monoisotopic (exact) mass is 299 g/mol. The number of carbonyl (C=O) groups excluding carboxylic acids is 1. The van der Waals surface area contributed by atoms with Gasteiger partial charge in [0.25, 0.3) is 5.91 Å². The van der Waals surface area contributed by atoms with Gasteiger partial charge in [0.2, 0.25) is 0 Å². The van der Waals surface area contributed by atoms with E-state index < -0.39 is 23.2 Å². The van der Waals surface area contributed by atoms with Gasteiger partial charge in [-0.25, -0.2) is 9.18 Å². The van der Waals surface area contributed by atoms with Crippen molar-refractivity contribution in [1.29, 1.82) is 0 Å². The lowest BCUT2D eigenvalue weighted by atomic mass is 9.92. The quantitative estimate of drug-likeness (QED) is 0.933. The van der Waals surface area contributed by atoms with Crippen molar-refractivity contribution >= 4 is 23.5 Å². The summed E-state index contributed by atoms with van der Waals surface area (Å²) in [6.07, 6.45) is 1.32. The molecule has 1 amide bonds. The summed E-state index contributed by atoms with van der Waals surface area (Å²) in [5, 5.41) is 9.19. The molecule has 20 heavy (non-hydrogen) atoms. The Morgan fingerprint density at radius 1 is 1.50 bits per heavy atom. The van der Waals surface area contributed by atoms with Crippen LogP contribution in [0.5, 0.6) is 0 Å². The van der Waals surface area contributed by atoms with E-state index in [2.05, 4.69) is 0 Å². The Labute approximate surface area is 121 Å². The molecule has 4 nitrogen and oxygen atoms in total. The van der Waals surface area contributed by atoms with Gasteiger partial charge < -0.3 is 10.0 Å². The van der Waals surface area contributed by atoms with Crippen LogP contribution in [0.1, 0.15) is 36.5 Å². The van der Waals surface area contributed by atoms with Crippen LogP contribution in [0.2, 0.25) is 5.02 Å². The van der Waals surface area contributed by atoms with E-state index in [4.69, 9.17) is 11.6 Å². The largest absolute Gasteiger partial charge is 0.479 e. The number of carboxylic acids is 1. The number of benzene rings is 1. The predicted molar refractivity (Wildman–Crippen MR) is 72.3 cm³/mol. The van der Waals surface area contributed by atoms with Gasteiger partial charge in [0.15, 0.2) is 0 Å². The van der Waals surface area contributed by atoms with Crippen molar-refractivity contribution in [1.82, 2.24) is 4.90 Å². The maximum Gasteiger partial charge on any atom is 0.329 e. The molecule has 1 aromatic carbocycles. The summed E-state index contributed by atoms with van der Waals surface area (Å²) in [5.41, 5.74) is -1.21.